The van der Waals surface area contributed by atoms with E-state index in [1.807, 2.05) is 97.5 Å². The molecule has 3 aromatic carbocycles. The zero-order valence-corrected chi connectivity index (χ0v) is 19.0. The van der Waals surface area contributed by atoms with Crippen LogP contribution in [0.15, 0.2) is 78.9 Å². The van der Waals surface area contributed by atoms with Gasteiger partial charge in [-0.25, -0.2) is 0 Å². The summed E-state index contributed by atoms with van der Waals surface area (Å²) in [6.07, 6.45) is 0. The van der Waals surface area contributed by atoms with E-state index in [2.05, 4.69) is 18.8 Å². The average Bonchev–Trinajstić information content (AvgIpc) is 3.14. The summed E-state index contributed by atoms with van der Waals surface area (Å²) in [5, 5.41) is 0. The number of aromatic nitrogens is 2. The van der Waals surface area contributed by atoms with Crippen molar-refractivity contribution in [1.82, 2.24) is 14.5 Å². The molecule has 0 N–H and O–H groups in total. The number of rotatable bonds is 7. The molecular formula is C27H29N3O2. The predicted octanol–water partition coefficient (Wildman–Crippen LogP) is 5.42. The average molecular weight is 428 g/mol. The molecule has 0 bridgehead atoms. The number of para-hydroxylation sites is 2. The van der Waals surface area contributed by atoms with E-state index in [4.69, 9.17) is 4.74 Å². The van der Waals surface area contributed by atoms with Crippen molar-refractivity contribution in [3.8, 4) is 17.1 Å². The number of carbonyl (C=O) groups is 1. The lowest BCUT2D eigenvalue weighted by atomic mass is 9.97. The molecular weight excluding hydrogens is 398 g/mol. The van der Waals surface area contributed by atoms with Gasteiger partial charge in [0.25, 0.3) is 11.9 Å². The number of amides is 1. The van der Waals surface area contributed by atoms with E-state index in [1.54, 1.807) is 4.90 Å². The Bertz CT molecular complexity index is 1210. The molecule has 4 aromatic rings. The lowest BCUT2D eigenvalue weighted by Gasteiger charge is -2.31. The molecule has 0 saturated heterocycles. The molecule has 164 valence electrons. The van der Waals surface area contributed by atoms with E-state index in [0.717, 1.165) is 22.2 Å². The number of hydrogen-bond acceptors (Lipinski definition) is 3. The third-order valence-corrected chi connectivity index (χ3v) is 5.96. The van der Waals surface area contributed by atoms with E-state index >= 15 is 0 Å². The van der Waals surface area contributed by atoms with Gasteiger partial charge in [0.15, 0.2) is 0 Å². The molecule has 1 aromatic heterocycles. The monoisotopic (exact) mass is 427 g/mol. The maximum Gasteiger partial charge on any atom is 0.297 e. The normalized spacial score (nSPS) is 12.2. The zero-order chi connectivity index (χ0) is 22.7. The van der Waals surface area contributed by atoms with Crippen LogP contribution < -0.4 is 4.74 Å². The van der Waals surface area contributed by atoms with Crippen molar-refractivity contribution in [2.45, 2.75) is 19.9 Å². The second-order valence-electron chi connectivity index (χ2n) is 8.39. The van der Waals surface area contributed by atoms with Crippen LogP contribution in [-0.4, -0.2) is 40.1 Å². The Morgan fingerprint density at radius 2 is 1.62 bits per heavy atom. The topological polar surface area (TPSA) is 47.4 Å². The Morgan fingerprint density at radius 3 is 2.34 bits per heavy atom. The number of likely N-dealkylation sites (N-methyl/N-ethyl adjacent to an activating group) is 1. The Morgan fingerprint density at radius 1 is 0.969 bits per heavy atom. The van der Waals surface area contributed by atoms with E-state index in [-0.39, 0.29) is 17.9 Å². The Balaban J connectivity index is 1.57. The summed E-state index contributed by atoms with van der Waals surface area (Å²) in [6, 6.07) is 26.2. The highest BCUT2D eigenvalue weighted by molar-refractivity contribution is 6.01. The summed E-state index contributed by atoms with van der Waals surface area (Å²) < 4.78 is 8.07. The maximum atomic E-state index is 13.6. The minimum Gasteiger partial charge on any atom is -0.462 e. The van der Waals surface area contributed by atoms with Crippen molar-refractivity contribution in [3.63, 3.8) is 0 Å². The van der Waals surface area contributed by atoms with Crippen molar-refractivity contribution in [2.75, 3.05) is 13.7 Å². The van der Waals surface area contributed by atoms with Gasteiger partial charge in [-0.15, -0.1) is 0 Å². The summed E-state index contributed by atoms with van der Waals surface area (Å²) in [6.45, 7) is 4.58. The molecule has 0 fully saturated rings. The molecule has 0 aliphatic rings. The number of hydrogen-bond donors (Lipinski definition) is 0. The van der Waals surface area contributed by atoms with Gasteiger partial charge in [0, 0.05) is 19.7 Å². The molecule has 0 unspecified atom stereocenters. The molecule has 0 aliphatic heterocycles. The number of aryl methyl sites for hydroxylation is 1. The molecule has 0 aliphatic carbocycles. The van der Waals surface area contributed by atoms with Gasteiger partial charge < -0.3 is 9.64 Å². The first kappa shape index (κ1) is 21.6. The third-order valence-electron chi connectivity index (χ3n) is 5.96. The second kappa shape index (κ2) is 9.27. The van der Waals surface area contributed by atoms with Crippen LogP contribution in [0, 0.1) is 5.92 Å². The SMILES string of the molecule is CC(C)[C@@H](COc1nc2ccccc2n1C)N(C)C(=O)c1ccccc1-c1ccccc1. The predicted molar refractivity (Wildman–Crippen MR) is 129 cm³/mol. The largest absolute Gasteiger partial charge is 0.462 e. The number of fused-ring (bicyclic) bond motifs is 1. The van der Waals surface area contributed by atoms with Crippen LogP contribution in [0.4, 0.5) is 0 Å². The summed E-state index contributed by atoms with van der Waals surface area (Å²) in [5.74, 6) is 0.194. The van der Waals surface area contributed by atoms with Crippen molar-refractivity contribution in [3.05, 3.63) is 84.4 Å². The summed E-state index contributed by atoms with van der Waals surface area (Å²) in [5.41, 5.74) is 4.57. The number of imidazole rings is 1. The number of benzene rings is 3. The molecule has 1 atom stereocenters. The molecule has 5 nitrogen and oxygen atoms in total. The van der Waals surface area contributed by atoms with E-state index in [1.165, 1.54) is 0 Å². The minimum atomic E-state index is -0.105. The van der Waals surface area contributed by atoms with Gasteiger partial charge in [-0.1, -0.05) is 74.5 Å². The highest BCUT2D eigenvalue weighted by atomic mass is 16.5. The molecule has 0 spiro atoms. The van der Waals surface area contributed by atoms with Crippen molar-refractivity contribution >= 4 is 16.9 Å². The van der Waals surface area contributed by atoms with E-state index < -0.39 is 0 Å². The van der Waals surface area contributed by atoms with Crippen LogP contribution in [0.2, 0.25) is 0 Å². The molecule has 32 heavy (non-hydrogen) atoms. The lowest BCUT2D eigenvalue weighted by Crippen LogP contribution is -2.44. The van der Waals surface area contributed by atoms with Gasteiger partial charge in [0.2, 0.25) is 0 Å². The van der Waals surface area contributed by atoms with Crippen molar-refractivity contribution in [2.24, 2.45) is 13.0 Å². The highest BCUT2D eigenvalue weighted by Gasteiger charge is 2.27. The van der Waals surface area contributed by atoms with Gasteiger partial charge in [0.05, 0.1) is 17.1 Å². The van der Waals surface area contributed by atoms with Crippen LogP contribution >= 0.6 is 0 Å². The molecule has 4 rings (SSSR count). The molecule has 5 heteroatoms. The van der Waals surface area contributed by atoms with Gasteiger partial charge >= 0.3 is 0 Å². The first-order valence-electron chi connectivity index (χ1n) is 10.9. The first-order chi connectivity index (χ1) is 15.5. The standard InChI is InChI=1S/C27H29N3O2/c1-19(2)25(18-32-27-28-23-16-10-11-17-24(23)30(27)4)29(3)26(31)22-15-9-8-14-21(22)20-12-6-5-7-13-20/h5-17,19,25H,18H2,1-4H3/t25-/m1/s1. The minimum absolute atomic E-state index is 0.0169. The van der Waals surface area contributed by atoms with E-state index in [0.29, 0.717) is 18.2 Å². The number of ether oxygens (including phenoxy) is 1. The Kier molecular flexibility index (Phi) is 6.26. The van der Waals surface area contributed by atoms with Gasteiger partial charge in [0.1, 0.15) is 6.61 Å². The molecule has 1 amide bonds. The van der Waals surface area contributed by atoms with Crippen molar-refractivity contribution < 1.29 is 9.53 Å². The van der Waals surface area contributed by atoms with Crippen LogP contribution in [0.3, 0.4) is 0 Å². The smallest absolute Gasteiger partial charge is 0.297 e. The van der Waals surface area contributed by atoms with Gasteiger partial charge in [-0.3, -0.25) is 9.36 Å². The quantitative estimate of drug-likeness (QED) is 0.396. The van der Waals surface area contributed by atoms with Crippen LogP contribution in [0.1, 0.15) is 24.2 Å². The summed E-state index contributed by atoms with van der Waals surface area (Å²) in [4.78, 5) is 20.0. The summed E-state index contributed by atoms with van der Waals surface area (Å²) >= 11 is 0. The molecule has 0 radical (unpaired) electrons. The zero-order valence-electron chi connectivity index (χ0n) is 19.0. The van der Waals surface area contributed by atoms with Crippen LogP contribution in [0.5, 0.6) is 6.01 Å². The lowest BCUT2D eigenvalue weighted by molar-refractivity contribution is 0.0602. The van der Waals surface area contributed by atoms with Crippen LogP contribution in [-0.2, 0) is 7.05 Å². The fourth-order valence-corrected chi connectivity index (χ4v) is 4.04. The Hall–Kier alpha value is -3.60. The van der Waals surface area contributed by atoms with Crippen molar-refractivity contribution in [1.29, 1.82) is 0 Å². The molecule has 1 heterocycles. The van der Waals surface area contributed by atoms with Gasteiger partial charge in [-0.2, -0.15) is 4.98 Å². The number of carbonyl (C=O) groups excluding carboxylic acids is 1. The number of nitrogens with zero attached hydrogens (tertiary/aromatic N) is 3. The molecule has 0 saturated carbocycles. The third kappa shape index (κ3) is 4.24. The summed E-state index contributed by atoms with van der Waals surface area (Å²) in [7, 11) is 3.80. The van der Waals surface area contributed by atoms with Crippen LogP contribution in [0.25, 0.3) is 22.2 Å². The second-order valence-corrected chi connectivity index (χ2v) is 8.39. The van der Waals surface area contributed by atoms with E-state index in [9.17, 15) is 4.79 Å². The fraction of sp³-hybridized carbons (Fsp3) is 0.259. The maximum absolute atomic E-state index is 13.6. The fourth-order valence-electron chi connectivity index (χ4n) is 4.04. The van der Waals surface area contributed by atoms with Gasteiger partial charge in [-0.05, 0) is 35.2 Å². The highest BCUT2D eigenvalue weighted by Crippen LogP contribution is 2.26. The Labute approximate surface area is 189 Å². The first-order valence-corrected chi connectivity index (χ1v) is 10.9.